The lowest BCUT2D eigenvalue weighted by Gasteiger charge is -2.33. The monoisotopic (exact) mass is 688 g/mol. The van der Waals surface area contributed by atoms with E-state index in [1.54, 1.807) is 7.05 Å². The van der Waals surface area contributed by atoms with E-state index < -0.39 is 47.9 Å². The average Bonchev–Trinajstić information content (AvgIpc) is 3.07. The lowest BCUT2D eigenvalue weighted by atomic mass is 9.82. The number of rotatable bonds is 18. The van der Waals surface area contributed by atoms with Crippen molar-refractivity contribution in [2.45, 2.75) is 121 Å². The van der Waals surface area contributed by atoms with Crippen LogP contribution in [0.5, 0.6) is 0 Å². The number of amides is 3. The fourth-order valence-corrected chi connectivity index (χ4v) is 6.90. The first-order valence-electron chi connectivity index (χ1n) is 18.1. The number of nitrogens with zero attached hydrogens (tertiary/aromatic N) is 2. The second-order valence-corrected chi connectivity index (χ2v) is 14.6. The number of nitrogens with one attached hydrogen (secondary N) is 2. The SMILES string of the molecule is C#CC[C@H](NC(=O)[C@@H](CC(=O)N(C)CCN1CCC(F)(F)CC1)Cc1ccccc1)C(=O)N[C@@H](CC1CCCCC1)[C@@H](O)[C@@H](O)CC(C)C. The highest BCUT2D eigenvalue weighted by atomic mass is 19.3. The van der Waals surface area contributed by atoms with Crippen LogP contribution in [-0.2, 0) is 20.8 Å². The third-order valence-electron chi connectivity index (χ3n) is 10.00. The largest absolute Gasteiger partial charge is 0.390 e. The van der Waals surface area contributed by atoms with E-state index >= 15 is 0 Å². The van der Waals surface area contributed by atoms with Gasteiger partial charge in [-0.15, -0.1) is 12.3 Å². The minimum atomic E-state index is -2.64. The summed E-state index contributed by atoms with van der Waals surface area (Å²) in [6.07, 6.45) is 9.25. The van der Waals surface area contributed by atoms with E-state index in [-0.39, 0.29) is 57.0 Å². The summed E-state index contributed by atoms with van der Waals surface area (Å²) in [7, 11) is 1.64. The predicted octanol–water partition coefficient (Wildman–Crippen LogP) is 4.16. The maximum Gasteiger partial charge on any atom is 0.250 e. The van der Waals surface area contributed by atoms with Crippen LogP contribution in [0.3, 0.4) is 0 Å². The summed E-state index contributed by atoms with van der Waals surface area (Å²) >= 11 is 0. The Bertz CT molecular complexity index is 1210. The van der Waals surface area contributed by atoms with E-state index in [1.165, 1.54) is 4.90 Å². The van der Waals surface area contributed by atoms with E-state index in [1.807, 2.05) is 49.1 Å². The predicted molar refractivity (Wildman–Crippen MR) is 186 cm³/mol. The first-order valence-corrected chi connectivity index (χ1v) is 18.1. The van der Waals surface area contributed by atoms with Gasteiger partial charge in [0, 0.05) is 58.9 Å². The Morgan fingerprint density at radius 1 is 1.04 bits per heavy atom. The van der Waals surface area contributed by atoms with Crippen molar-refractivity contribution in [1.82, 2.24) is 20.4 Å². The molecule has 0 aromatic heterocycles. The van der Waals surface area contributed by atoms with Gasteiger partial charge in [-0.2, -0.15) is 0 Å². The number of halogens is 2. The molecule has 274 valence electrons. The molecule has 1 aliphatic carbocycles. The summed E-state index contributed by atoms with van der Waals surface area (Å²) in [5, 5.41) is 27.7. The zero-order chi connectivity index (χ0) is 36.0. The van der Waals surface area contributed by atoms with Crippen molar-refractivity contribution in [1.29, 1.82) is 0 Å². The number of terminal acetylenes is 1. The fraction of sp³-hybridized carbons (Fsp3) is 0.711. The second kappa shape index (κ2) is 19.9. The van der Waals surface area contributed by atoms with Gasteiger partial charge in [0.25, 0.3) is 5.92 Å². The standard InChI is InChI=1S/C38H58F2N4O5/c1-5-12-31(37(49)42-32(25-29-15-10-7-11-16-29)35(47)33(45)23-27(2)3)41-36(48)30(24-28-13-8-6-9-14-28)26-34(46)43(4)21-22-44-19-17-38(39,40)18-20-44/h1,6,8-9,13-14,27,29-33,35,45,47H,7,10-12,15-26H2,2-4H3,(H,41,48)(H,42,49)/t30-,31+,32+,33+,35-/m1/s1. The summed E-state index contributed by atoms with van der Waals surface area (Å²) in [5.41, 5.74) is 0.847. The molecule has 3 amide bonds. The van der Waals surface area contributed by atoms with Crippen molar-refractivity contribution in [3.63, 3.8) is 0 Å². The molecule has 3 rings (SSSR count). The van der Waals surface area contributed by atoms with Crippen LogP contribution in [0, 0.1) is 30.1 Å². The third kappa shape index (κ3) is 14.0. The minimum Gasteiger partial charge on any atom is -0.390 e. The molecular formula is C38H58F2N4O5. The molecule has 0 spiro atoms. The lowest BCUT2D eigenvalue weighted by Crippen LogP contribution is -2.56. The van der Waals surface area contributed by atoms with Crippen LogP contribution in [0.15, 0.2) is 30.3 Å². The lowest BCUT2D eigenvalue weighted by molar-refractivity contribution is -0.137. The first-order chi connectivity index (χ1) is 23.3. The van der Waals surface area contributed by atoms with Crippen molar-refractivity contribution in [2.75, 3.05) is 33.2 Å². The molecule has 9 nitrogen and oxygen atoms in total. The minimum absolute atomic E-state index is 0.0981. The fourth-order valence-electron chi connectivity index (χ4n) is 6.90. The molecule has 1 aromatic rings. The van der Waals surface area contributed by atoms with E-state index in [0.29, 0.717) is 31.8 Å². The molecule has 49 heavy (non-hydrogen) atoms. The highest BCUT2D eigenvalue weighted by Crippen LogP contribution is 2.29. The molecule has 1 aliphatic heterocycles. The van der Waals surface area contributed by atoms with Gasteiger partial charge in [0.2, 0.25) is 17.7 Å². The van der Waals surface area contributed by atoms with Gasteiger partial charge in [0.05, 0.1) is 18.1 Å². The van der Waals surface area contributed by atoms with Crippen molar-refractivity contribution in [2.24, 2.45) is 17.8 Å². The first kappa shape index (κ1) is 40.4. The molecule has 0 radical (unpaired) electrons. The number of likely N-dealkylation sites (N-methyl/N-ethyl adjacent to an activating group) is 1. The van der Waals surface area contributed by atoms with Crippen molar-refractivity contribution >= 4 is 17.7 Å². The summed E-state index contributed by atoms with van der Waals surface area (Å²) < 4.78 is 27.1. The Hall–Kier alpha value is -3.07. The van der Waals surface area contributed by atoms with Gasteiger partial charge in [-0.25, -0.2) is 8.78 Å². The Labute approximate surface area is 291 Å². The number of carbonyl (C=O) groups excluding carboxylic acids is 3. The topological polar surface area (TPSA) is 122 Å². The normalized spacial score (nSPS) is 20.0. The summed E-state index contributed by atoms with van der Waals surface area (Å²) in [5.74, 6) is -1.85. The Balaban J connectivity index is 1.70. The Morgan fingerprint density at radius 3 is 2.31 bits per heavy atom. The Morgan fingerprint density at radius 2 is 1.69 bits per heavy atom. The van der Waals surface area contributed by atoms with Gasteiger partial charge in [-0.3, -0.25) is 14.4 Å². The van der Waals surface area contributed by atoms with Crippen LogP contribution in [0.1, 0.15) is 90.0 Å². The van der Waals surface area contributed by atoms with Gasteiger partial charge >= 0.3 is 0 Å². The van der Waals surface area contributed by atoms with Gasteiger partial charge < -0.3 is 30.6 Å². The molecule has 4 N–H and O–H groups in total. The number of likely N-dealkylation sites (tertiary alicyclic amines) is 1. The van der Waals surface area contributed by atoms with E-state index in [4.69, 9.17) is 6.42 Å². The molecule has 2 aliphatic rings. The molecular weight excluding hydrogens is 630 g/mol. The maximum absolute atomic E-state index is 13.8. The number of piperidine rings is 1. The van der Waals surface area contributed by atoms with Gasteiger partial charge in [0.15, 0.2) is 0 Å². The molecule has 0 bridgehead atoms. The number of hydrogen-bond donors (Lipinski definition) is 4. The molecule has 0 unspecified atom stereocenters. The summed E-state index contributed by atoms with van der Waals surface area (Å²) in [4.78, 5) is 44.3. The van der Waals surface area contributed by atoms with Crippen LogP contribution in [0.25, 0.3) is 0 Å². The molecule has 1 saturated carbocycles. The maximum atomic E-state index is 13.8. The summed E-state index contributed by atoms with van der Waals surface area (Å²) in [6.45, 7) is 5.23. The van der Waals surface area contributed by atoms with Crippen molar-refractivity contribution < 1.29 is 33.4 Å². The number of hydrogen-bond acceptors (Lipinski definition) is 6. The molecule has 5 atom stereocenters. The van der Waals surface area contributed by atoms with E-state index in [2.05, 4.69) is 16.6 Å². The highest BCUT2D eigenvalue weighted by Gasteiger charge is 2.35. The smallest absolute Gasteiger partial charge is 0.250 e. The van der Waals surface area contributed by atoms with E-state index in [9.17, 15) is 33.4 Å². The van der Waals surface area contributed by atoms with Crippen LogP contribution < -0.4 is 10.6 Å². The molecule has 2 fully saturated rings. The number of aliphatic hydroxyl groups excluding tert-OH is 2. The third-order valence-corrected chi connectivity index (χ3v) is 10.00. The Kier molecular flexibility index (Phi) is 16.4. The highest BCUT2D eigenvalue weighted by molar-refractivity contribution is 5.91. The molecule has 1 aromatic carbocycles. The molecule has 1 saturated heterocycles. The van der Waals surface area contributed by atoms with Crippen LogP contribution in [-0.4, -0.2) is 101 Å². The van der Waals surface area contributed by atoms with Gasteiger partial charge in [-0.1, -0.05) is 76.3 Å². The summed E-state index contributed by atoms with van der Waals surface area (Å²) in [6, 6.07) is 7.46. The number of alkyl halides is 2. The number of carbonyl (C=O) groups is 3. The molecule has 11 heteroatoms. The van der Waals surface area contributed by atoms with Crippen molar-refractivity contribution in [3.8, 4) is 12.3 Å². The average molecular weight is 689 g/mol. The quantitative estimate of drug-likeness (QED) is 0.172. The zero-order valence-electron chi connectivity index (χ0n) is 29.6. The van der Waals surface area contributed by atoms with Crippen molar-refractivity contribution in [3.05, 3.63) is 35.9 Å². The zero-order valence-corrected chi connectivity index (χ0v) is 29.6. The van der Waals surface area contributed by atoms with Gasteiger partial charge in [-0.05, 0) is 36.7 Å². The number of benzene rings is 1. The van der Waals surface area contributed by atoms with Crippen LogP contribution in [0.2, 0.25) is 0 Å². The number of aliphatic hydroxyl groups is 2. The second-order valence-electron chi connectivity index (χ2n) is 14.6. The van der Waals surface area contributed by atoms with E-state index in [0.717, 1.165) is 37.7 Å². The molecule has 1 heterocycles. The van der Waals surface area contributed by atoms with Gasteiger partial charge in [0.1, 0.15) is 12.1 Å². The van der Waals surface area contributed by atoms with Crippen LogP contribution >= 0.6 is 0 Å². The van der Waals surface area contributed by atoms with Crippen LogP contribution in [0.4, 0.5) is 8.78 Å².